The molecule has 114 valence electrons. The molecule has 1 heterocycles. The molecule has 0 saturated heterocycles. The van der Waals surface area contributed by atoms with Crippen LogP contribution in [0.2, 0.25) is 0 Å². The Morgan fingerprint density at radius 2 is 1.82 bits per heavy atom. The van der Waals surface area contributed by atoms with Gasteiger partial charge in [0.1, 0.15) is 6.61 Å². The summed E-state index contributed by atoms with van der Waals surface area (Å²) in [5.41, 5.74) is 1.09. The Balaban J connectivity index is 1.67. The predicted octanol–water partition coefficient (Wildman–Crippen LogP) is 3.09. The van der Waals surface area contributed by atoms with Gasteiger partial charge in [-0.3, -0.25) is 4.79 Å². The van der Waals surface area contributed by atoms with Gasteiger partial charge in [0.05, 0.1) is 6.04 Å². The van der Waals surface area contributed by atoms with Crippen LogP contribution in [0.4, 0.5) is 0 Å². The number of benzene rings is 2. The highest BCUT2D eigenvalue weighted by molar-refractivity contribution is 5.82. The molecule has 0 bridgehead atoms. The summed E-state index contributed by atoms with van der Waals surface area (Å²) in [5, 5.41) is 3.04. The molecule has 0 saturated carbocycles. The van der Waals surface area contributed by atoms with Gasteiger partial charge in [-0.2, -0.15) is 0 Å². The van der Waals surface area contributed by atoms with Crippen LogP contribution in [-0.2, 0) is 4.79 Å². The third-order valence-corrected chi connectivity index (χ3v) is 3.73. The molecule has 1 amide bonds. The lowest BCUT2D eigenvalue weighted by molar-refractivity contribution is -0.131. The Bertz CT molecular complexity index is 642. The molecule has 2 aromatic rings. The lowest BCUT2D eigenvalue weighted by atomic mass is 10.0. The predicted molar refractivity (Wildman–Crippen MR) is 84.0 cm³/mol. The van der Waals surface area contributed by atoms with Crippen molar-refractivity contribution in [2.24, 2.45) is 0 Å². The lowest BCUT2D eigenvalue weighted by Gasteiger charge is -2.27. The summed E-state index contributed by atoms with van der Waals surface area (Å²) in [5.74, 6) is 1.15. The number of carbonyl (C=O) groups is 1. The third kappa shape index (κ3) is 3.06. The molecule has 0 aliphatic carbocycles. The highest BCUT2D eigenvalue weighted by Crippen LogP contribution is 2.31. The second-order valence-electron chi connectivity index (χ2n) is 5.24. The van der Waals surface area contributed by atoms with Crippen molar-refractivity contribution in [1.29, 1.82) is 0 Å². The van der Waals surface area contributed by atoms with Crippen LogP contribution in [0.15, 0.2) is 54.6 Å². The molecule has 0 fully saturated rings. The van der Waals surface area contributed by atoms with Gasteiger partial charge in [-0.1, -0.05) is 49.4 Å². The van der Waals surface area contributed by atoms with Crippen LogP contribution in [0.1, 0.15) is 24.9 Å². The molecular formula is C18H19NO3. The lowest BCUT2D eigenvalue weighted by Crippen LogP contribution is -2.45. The molecule has 2 unspecified atom stereocenters. The van der Waals surface area contributed by atoms with E-state index in [4.69, 9.17) is 9.47 Å². The zero-order valence-electron chi connectivity index (χ0n) is 12.5. The molecule has 0 aromatic heterocycles. The third-order valence-electron chi connectivity index (χ3n) is 3.73. The van der Waals surface area contributed by atoms with E-state index >= 15 is 0 Å². The Hall–Kier alpha value is -2.49. The number of amides is 1. The maximum Gasteiger partial charge on any atom is 0.265 e. The van der Waals surface area contributed by atoms with Gasteiger partial charge in [0.25, 0.3) is 5.91 Å². The number of para-hydroxylation sites is 2. The number of fused-ring (bicyclic) bond motifs is 1. The van der Waals surface area contributed by atoms with Crippen LogP contribution < -0.4 is 14.8 Å². The van der Waals surface area contributed by atoms with Crippen molar-refractivity contribution >= 4 is 5.91 Å². The van der Waals surface area contributed by atoms with Crippen LogP contribution in [0, 0.1) is 0 Å². The number of carbonyl (C=O) groups excluding carboxylic acids is 1. The smallest absolute Gasteiger partial charge is 0.265 e. The Morgan fingerprint density at radius 3 is 2.55 bits per heavy atom. The number of rotatable bonds is 4. The van der Waals surface area contributed by atoms with E-state index in [-0.39, 0.29) is 18.6 Å². The molecule has 0 spiro atoms. The maximum atomic E-state index is 12.4. The van der Waals surface area contributed by atoms with E-state index < -0.39 is 6.10 Å². The Kier molecular flexibility index (Phi) is 4.28. The van der Waals surface area contributed by atoms with Crippen LogP contribution in [0.5, 0.6) is 11.5 Å². The van der Waals surface area contributed by atoms with Crippen LogP contribution in [-0.4, -0.2) is 18.6 Å². The molecule has 1 N–H and O–H groups in total. The molecule has 3 rings (SSSR count). The van der Waals surface area contributed by atoms with E-state index in [1.807, 2.05) is 61.5 Å². The first-order valence-electron chi connectivity index (χ1n) is 7.51. The van der Waals surface area contributed by atoms with E-state index in [9.17, 15) is 4.79 Å². The number of ether oxygens (including phenoxy) is 2. The normalized spacial score (nSPS) is 17.6. The molecule has 22 heavy (non-hydrogen) atoms. The fourth-order valence-corrected chi connectivity index (χ4v) is 2.52. The largest absolute Gasteiger partial charge is 0.485 e. The number of hydrogen-bond donors (Lipinski definition) is 1. The van der Waals surface area contributed by atoms with Crippen molar-refractivity contribution < 1.29 is 14.3 Å². The maximum absolute atomic E-state index is 12.4. The first-order valence-corrected chi connectivity index (χ1v) is 7.51. The SMILES string of the molecule is CCC(NC(=O)C1COc2ccccc2O1)c1ccccc1. The summed E-state index contributed by atoms with van der Waals surface area (Å²) in [4.78, 5) is 12.4. The van der Waals surface area contributed by atoms with Gasteiger partial charge in [-0.25, -0.2) is 0 Å². The van der Waals surface area contributed by atoms with E-state index in [1.54, 1.807) is 0 Å². The van der Waals surface area contributed by atoms with Gasteiger partial charge in [-0.05, 0) is 24.1 Å². The second kappa shape index (κ2) is 6.52. The fraction of sp³-hybridized carbons (Fsp3) is 0.278. The molecule has 2 aromatic carbocycles. The molecule has 4 nitrogen and oxygen atoms in total. The van der Waals surface area contributed by atoms with E-state index in [2.05, 4.69) is 5.32 Å². The molecule has 1 aliphatic rings. The van der Waals surface area contributed by atoms with E-state index in [0.717, 1.165) is 12.0 Å². The Morgan fingerprint density at radius 1 is 1.14 bits per heavy atom. The summed E-state index contributed by atoms with van der Waals surface area (Å²) in [6.07, 6.45) is 0.201. The number of nitrogens with one attached hydrogen (secondary N) is 1. The second-order valence-corrected chi connectivity index (χ2v) is 5.24. The quantitative estimate of drug-likeness (QED) is 0.943. The first-order chi connectivity index (χ1) is 10.8. The topological polar surface area (TPSA) is 47.6 Å². The zero-order chi connectivity index (χ0) is 15.4. The monoisotopic (exact) mass is 297 g/mol. The van der Waals surface area contributed by atoms with Crippen molar-refractivity contribution in [3.63, 3.8) is 0 Å². The van der Waals surface area contributed by atoms with Crippen molar-refractivity contribution in [2.45, 2.75) is 25.5 Å². The Labute approximate surface area is 130 Å². The summed E-state index contributed by atoms with van der Waals surface area (Å²) in [7, 11) is 0. The van der Waals surface area contributed by atoms with Crippen molar-refractivity contribution in [2.75, 3.05) is 6.61 Å². The minimum Gasteiger partial charge on any atom is -0.485 e. The van der Waals surface area contributed by atoms with E-state index in [1.165, 1.54) is 0 Å². The highest BCUT2D eigenvalue weighted by atomic mass is 16.6. The summed E-state index contributed by atoms with van der Waals surface area (Å²) in [6, 6.07) is 17.3. The van der Waals surface area contributed by atoms with Crippen molar-refractivity contribution in [1.82, 2.24) is 5.32 Å². The standard InChI is InChI=1S/C18H19NO3/c1-2-14(13-8-4-3-5-9-13)19-18(20)17-12-21-15-10-6-7-11-16(15)22-17/h3-11,14,17H,2,12H2,1H3,(H,19,20). The molecular weight excluding hydrogens is 278 g/mol. The van der Waals surface area contributed by atoms with Gasteiger partial charge in [0.15, 0.2) is 11.5 Å². The molecule has 0 radical (unpaired) electrons. The van der Waals surface area contributed by atoms with Crippen LogP contribution in [0.3, 0.4) is 0 Å². The van der Waals surface area contributed by atoms with Crippen LogP contribution in [0.25, 0.3) is 0 Å². The van der Waals surface area contributed by atoms with Crippen molar-refractivity contribution in [3.8, 4) is 11.5 Å². The minimum absolute atomic E-state index is 0.0190. The molecule has 2 atom stereocenters. The first kappa shape index (κ1) is 14.4. The van der Waals surface area contributed by atoms with Gasteiger partial charge >= 0.3 is 0 Å². The average molecular weight is 297 g/mol. The number of hydrogen-bond acceptors (Lipinski definition) is 3. The fourth-order valence-electron chi connectivity index (χ4n) is 2.52. The average Bonchev–Trinajstić information content (AvgIpc) is 2.59. The van der Waals surface area contributed by atoms with E-state index in [0.29, 0.717) is 11.5 Å². The van der Waals surface area contributed by atoms with Crippen molar-refractivity contribution in [3.05, 3.63) is 60.2 Å². The molecule has 4 heteroatoms. The van der Waals surface area contributed by atoms with Gasteiger partial charge in [0.2, 0.25) is 6.10 Å². The van der Waals surface area contributed by atoms with Crippen LogP contribution >= 0.6 is 0 Å². The highest BCUT2D eigenvalue weighted by Gasteiger charge is 2.28. The zero-order valence-corrected chi connectivity index (χ0v) is 12.5. The van der Waals surface area contributed by atoms with Gasteiger partial charge in [0, 0.05) is 0 Å². The summed E-state index contributed by atoms with van der Waals surface area (Å²) < 4.78 is 11.3. The molecule has 1 aliphatic heterocycles. The van der Waals surface area contributed by atoms with Gasteiger partial charge in [-0.15, -0.1) is 0 Å². The minimum atomic E-state index is -0.618. The summed E-state index contributed by atoms with van der Waals surface area (Å²) in [6.45, 7) is 2.28. The van der Waals surface area contributed by atoms with Gasteiger partial charge < -0.3 is 14.8 Å². The summed E-state index contributed by atoms with van der Waals surface area (Å²) >= 11 is 0.